The van der Waals surface area contributed by atoms with E-state index in [1.54, 1.807) is 18.2 Å². The van der Waals surface area contributed by atoms with Gasteiger partial charge in [0, 0.05) is 4.47 Å². The fourth-order valence-electron chi connectivity index (χ4n) is 2.12. The zero-order valence-corrected chi connectivity index (χ0v) is 14.2. The summed E-state index contributed by atoms with van der Waals surface area (Å²) in [6.07, 6.45) is 1.70. The molecule has 23 heavy (non-hydrogen) atoms. The molecule has 1 aliphatic rings. The van der Waals surface area contributed by atoms with Crippen molar-refractivity contribution in [3.63, 3.8) is 0 Å². The SMILES string of the molecule is O=C1S/C(=C/c2ccc(Br)cc2)C(=O)N1Cc1ccc(F)cc1. The number of hydrogen-bond donors (Lipinski definition) is 0. The lowest BCUT2D eigenvalue weighted by atomic mass is 10.2. The molecule has 1 aliphatic heterocycles. The molecule has 3 rings (SSSR count). The second-order valence-electron chi connectivity index (χ2n) is 4.95. The maximum Gasteiger partial charge on any atom is 0.293 e. The van der Waals surface area contributed by atoms with Crippen molar-refractivity contribution in [2.24, 2.45) is 0 Å². The molecule has 6 heteroatoms. The van der Waals surface area contributed by atoms with E-state index in [9.17, 15) is 14.0 Å². The topological polar surface area (TPSA) is 37.4 Å². The summed E-state index contributed by atoms with van der Waals surface area (Å²) in [5.41, 5.74) is 1.55. The average Bonchev–Trinajstić information content (AvgIpc) is 2.79. The van der Waals surface area contributed by atoms with E-state index in [1.807, 2.05) is 24.3 Å². The van der Waals surface area contributed by atoms with Crippen LogP contribution in [0, 0.1) is 5.82 Å². The Kier molecular flexibility index (Phi) is 4.63. The molecule has 3 nitrogen and oxygen atoms in total. The van der Waals surface area contributed by atoms with Gasteiger partial charge in [0.05, 0.1) is 11.4 Å². The number of hydrogen-bond acceptors (Lipinski definition) is 3. The van der Waals surface area contributed by atoms with Gasteiger partial charge >= 0.3 is 0 Å². The Morgan fingerprint density at radius 3 is 2.35 bits per heavy atom. The van der Waals surface area contributed by atoms with E-state index in [4.69, 9.17) is 0 Å². The van der Waals surface area contributed by atoms with Gasteiger partial charge in [-0.3, -0.25) is 14.5 Å². The summed E-state index contributed by atoms with van der Waals surface area (Å²) >= 11 is 4.27. The van der Waals surface area contributed by atoms with Gasteiger partial charge in [-0.05, 0) is 53.2 Å². The van der Waals surface area contributed by atoms with Crippen LogP contribution in [0.4, 0.5) is 9.18 Å². The maximum atomic E-state index is 12.9. The monoisotopic (exact) mass is 391 g/mol. The Morgan fingerprint density at radius 2 is 1.70 bits per heavy atom. The molecule has 0 aliphatic carbocycles. The van der Waals surface area contributed by atoms with Gasteiger partial charge in [0.2, 0.25) is 0 Å². The summed E-state index contributed by atoms with van der Waals surface area (Å²) in [5, 5.41) is -0.317. The molecule has 1 fully saturated rings. The van der Waals surface area contributed by atoms with Crippen LogP contribution in [0.2, 0.25) is 0 Å². The summed E-state index contributed by atoms with van der Waals surface area (Å²) in [6.45, 7) is 0.141. The van der Waals surface area contributed by atoms with Gasteiger partial charge in [-0.1, -0.05) is 40.2 Å². The third-order valence-corrected chi connectivity index (χ3v) is 4.73. The minimum atomic E-state index is -0.349. The molecular formula is C17H11BrFNO2S. The maximum absolute atomic E-state index is 12.9. The average molecular weight is 392 g/mol. The molecule has 0 atom stereocenters. The molecule has 116 valence electrons. The largest absolute Gasteiger partial charge is 0.293 e. The number of rotatable bonds is 3. The standard InChI is InChI=1S/C17H11BrFNO2S/c18-13-5-1-11(2-6-13)9-15-16(21)20(17(22)23-15)10-12-3-7-14(19)8-4-12/h1-9H,10H2/b15-9+. The highest BCUT2D eigenvalue weighted by molar-refractivity contribution is 9.10. The summed E-state index contributed by atoms with van der Waals surface area (Å²) < 4.78 is 13.9. The van der Waals surface area contributed by atoms with Crippen molar-refractivity contribution >= 4 is 44.9 Å². The summed E-state index contributed by atoms with van der Waals surface area (Å²) in [4.78, 5) is 26.0. The number of carbonyl (C=O) groups is 2. The highest BCUT2D eigenvalue weighted by Crippen LogP contribution is 2.33. The first-order valence-corrected chi connectivity index (χ1v) is 8.39. The number of nitrogens with zero attached hydrogens (tertiary/aromatic N) is 1. The van der Waals surface area contributed by atoms with Crippen molar-refractivity contribution in [2.45, 2.75) is 6.54 Å². The number of imide groups is 1. The van der Waals surface area contributed by atoms with Crippen molar-refractivity contribution in [2.75, 3.05) is 0 Å². The predicted octanol–water partition coefficient (Wildman–Crippen LogP) is 4.82. The Balaban J connectivity index is 1.79. The van der Waals surface area contributed by atoms with E-state index in [-0.39, 0.29) is 23.5 Å². The summed E-state index contributed by atoms with van der Waals surface area (Å²) in [7, 11) is 0. The minimum Gasteiger partial charge on any atom is -0.268 e. The minimum absolute atomic E-state index is 0.141. The molecule has 0 spiro atoms. The van der Waals surface area contributed by atoms with E-state index in [0.717, 1.165) is 21.8 Å². The number of amides is 2. The van der Waals surface area contributed by atoms with Crippen LogP contribution in [0.1, 0.15) is 11.1 Å². The third-order valence-electron chi connectivity index (χ3n) is 3.30. The summed E-state index contributed by atoms with van der Waals surface area (Å²) in [5.74, 6) is -0.676. The van der Waals surface area contributed by atoms with Crippen molar-refractivity contribution in [1.82, 2.24) is 4.90 Å². The van der Waals surface area contributed by atoms with Crippen LogP contribution in [0.3, 0.4) is 0 Å². The molecule has 2 amide bonds. The van der Waals surface area contributed by atoms with Crippen LogP contribution in [0.25, 0.3) is 6.08 Å². The quantitative estimate of drug-likeness (QED) is 0.703. The highest BCUT2D eigenvalue weighted by Gasteiger charge is 2.34. The van der Waals surface area contributed by atoms with Gasteiger partial charge in [0.1, 0.15) is 5.82 Å². The number of benzene rings is 2. The lowest BCUT2D eigenvalue weighted by molar-refractivity contribution is -0.123. The molecule has 0 unspecified atom stereocenters. The predicted molar refractivity (Wildman–Crippen MR) is 92.1 cm³/mol. The Morgan fingerprint density at radius 1 is 1.04 bits per heavy atom. The van der Waals surface area contributed by atoms with Crippen molar-refractivity contribution in [3.8, 4) is 0 Å². The van der Waals surface area contributed by atoms with Gasteiger partial charge in [-0.25, -0.2) is 4.39 Å². The van der Waals surface area contributed by atoms with Gasteiger partial charge < -0.3 is 0 Å². The van der Waals surface area contributed by atoms with E-state index < -0.39 is 0 Å². The van der Waals surface area contributed by atoms with Gasteiger partial charge in [0.25, 0.3) is 11.1 Å². The van der Waals surface area contributed by atoms with Crippen LogP contribution >= 0.6 is 27.7 Å². The Labute approximate surface area is 145 Å². The second kappa shape index (κ2) is 6.68. The molecule has 0 saturated carbocycles. The number of halogens is 2. The van der Waals surface area contributed by atoms with Crippen LogP contribution < -0.4 is 0 Å². The van der Waals surface area contributed by atoms with Crippen molar-refractivity contribution < 1.29 is 14.0 Å². The van der Waals surface area contributed by atoms with Gasteiger partial charge in [-0.15, -0.1) is 0 Å². The first-order chi connectivity index (χ1) is 11.0. The van der Waals surface area contributed by atoms with E-state index in [1.165, 1.54) is 17.0 Å². The second-order valence-corrected chi connectivity index (χ2v) is 6.85. The van der Waals surface area contributed by atoms with Crippen molar-refractivity contribution in [1.29, 1.82) is 0 Å². The first-order valence-electron chi connectivity index (χ1n) is 6.78. The highest BCUT2D eigenvalue weighted by atomic mass is 79.9. The Hall–Kier alpha value is -1.92. The molecule has 0 radical (unpaired) electrons. The third kappa shape index (κ3) is 3.71. The molecule has 0 aromatic heterocycles. The van der Waals surface area contributed by atoms with Gasteiger partial charge in [0.15, 0.2) is 0 Å². The van der Waals surface area contributed by atoms with Gasteiger partial charge in [-0.2, -0.15) is 0 Å². The fraction of sp³-hybridized carbons (Fsp3) is 0.0588. The van der Waals surface area contributed by atoms with Crippen LogP contribution in [0.15, 0.2) is 57.9 Å². The number of carbonyl (C=O) groups excluding carboxylic acids is 2. The van der Waals surface area contributed by atoms with E-state index in [0.29, 0.717) is 10.5 Å². The van der Waals surface area contributed by atoms with E-state index in [2.05, 4.69) is 15.9 Å². The summed E-state index contributed by atoms with van der Waals surface area (Å²) in [6, 6.07) is 13.2. The van der Waals surface area contributed by atoms with E-state index >= 15 is 0 Å². The van der Waals surface area contributed by atoms with Crippen LogP contribution in [0.5, 0.6) is 0 Å². The lowest BCUT2D eigenvalue weighted by Gasteiger charge is -2.12. The molecule has 2 aromatic carbocycles. The molecular weight excluding hydrogens is 381 g/mol. The zero-order chi connectivity index (χ0) is 16.4. The lowest BCUT2D eigenvalue weighted by Crippen LogP contribution is -2.27. The zero-order valence-electron chi connectivity index (χ0n) is 11.8. The van der Waals surface area contributed by atoms with Crippen LogP contribution in [-0.4, -0.2) is 16.0 Å². The smallest absolute Gasteiger partial charge is 0.268 e. The normalized spacial score (nSPS) is 16.4. The molecule has 2 aromatic rings. The Bertz CT molecular complexity index is 787. The van der Waals surface area contributed by atoms with Crippen molar-refractivity contribution in [3.05, 3.63) is 74.9 Å². The first kappa shape index (κ1) is 16.0. The fourth-order valence-corrected chi connectivity index (χ4v) is 3.22. The molecule has 1 saturated heterocycles. The number of thioether (sulfide) groups is 1. The van der Waals surface area contributed by atoms with Crippen LogP contribution in [-0.2, 0) is 11.3 Å². The molecule has 1 heterocycles. The molecule has 0 N–H and O–H groups in total. The molecule has 0 bridgehead atoms.